The molecule has 0 bridgehead atoms. The summed E-state index contributed by atoms with van der Waals surface area (Å²) in [5.74, 6) is -0.747. The van der Waals surface area contributed by atoms with Gasteiger partial charge in [-0.05, 0) is 55.0 Å². The molecule has 1 aromatic heterocycles. The lowest BCUT2D eigenvalue weighted by atomic mass is 10.1. The van der Waals surface area contributed by atoms with E-state index in [1.165, 1.54) is 12.1 Å². The van der Waals surface area contributed by atoms with Gasteiger partial charge in [0.1, 0.15) is 0 Å². The quantitative estimate of drug-likeness (QED) is 0.570. The highest BCUT2D eigenvalue weighted by Gasteiger charge is 2.23. The average molecular weight is 347 g/mol. The van der Waals surface area contributed by atoms with E-state index >= 15 is 0 Å². The summed E-state index contributed by atoms with van der Waals surface area (Å²) in [6.45, 7) is 2.96. The van der Waals surface area contributed by atoms with Gasteiger partial charge in [0.25, 0.3) is 0 Å². The first kappa shape index (κ1) is 17.6. The molecule has 0 radical (unpaired) electrons. The first-order valence-electron chi connectivity index (χ1n) is 8.89. The molecule has 1 aliphatic rings. The van der Waals surface area contributed by atoms with Gasteiger partial charge in [-0.15, -0.1) is 0 Å². The molecule has 0 saturated heterocycles. The highest BCUT2D eigenvalue weighted by Crippen LogP contribution is 2.35. The van der Waals surface area contributed by atoms with Crippen molar-refractivity contribution >= 4 is 0 Å². The third-order valence-electron chi connectivity index (χ3n) is 4.23. The molecule has 25 heavy (non-hydrogen) atoms. The molecule has 1 saturated carbocycles. The maximum atomic E-state index is 14.3. The number of aromatic nitrogens is 1. The van der Waals surface area contributed by atoms with Gasteiger partial charge < -0.3 is 9.47 Å². The van der Waals surface area contributed by atoms with E-state index in [1.54, 1.807) is 18.3 Å². The molecule has 1 aromatic carbocycles. The summed E-state index contributed by atoms with van der Waals surface area (Å²) in [4.78, 5) is 4.21. The van der Waals surface area contributed by atoms with Gasteiger partial charge in [0.05, 0.1) is 13.2 Å². The first-order valence-corrected chi connectivity index (χ1v) is 8.89. The van der Waals surface area contributed by atoms with Gasteiger partial charge >= 0.3 is 0 Å². The minimum Gasteiger partial charge on any atom is -0.488 e. The maximum Gasteiger partial charge on any atom is 0.221 e. The predicted molar refractivity (Wildman–Crippen MR) is 92.8 cm³/mol. The zero-order valence-electron chi connectivity index (χ0n) is 14.4. The molecule has 3 nitrogen and oxygen atoms in total. The fourth-order valence-electron chi connectivity index (χ4n) is 2.59. The normalized spacial score (nSPS) is 13.7. The average Bonchev–Trinajstić information content (AvgIpc) is 3.43. The molecule has 0 spiro atoms. The van der Waals surface area contributed by atoms with E-state index in [4.69, 9.17) is 9.47 Å². The van der Waals surface area contributed by atoms with Gasteiger partial charge in [0.15, 0.2) is 17.4 Å². The van der Waals surface area contributed by atoms with Crippen LogP contribution >= 0.6 is 0 Å². The summed E-state index contributed by atoms with van der Waals surface area (Å²) in [6.07, 6.45) is 6.71. The molecule has 5 heteroatoms. The fourth-order valence-corrected chi connectivity index (χ4v) is 2.59. The Balaban J connectivity index is 1.78. The Morgan fingerprint density at radius 1 is 1.12 bits per heavy atom. The SMILES string of the molecule is CCCCCOc1c(F)cc(-c2cccnc2OCC2CC2)cc1F. The molecular formula is C20H23F2NO2. The molecule has 3 rings (SSSR count). The zero-order chi connectivity index (χ0) is 17.6. The number of benzene rings is 1. The van der Waals surface area contributed by atoms with E-state index in [2.05, 4.69) is 11.9 Å². The van der Waals surface area contributed by atoms with E-state index in [9.17, 15) is 8.78 Å². The van der Waals surface area contributed by atoms with Crippen molar-refractivity contribution in [2.75, 3.05) is 13.2 Å². The maximum absolute atomic E-state index is 14.3. The second kappa shape index (κ2) is 8.28. The van der Waals surface area contributed by atoms with Crippen molar-refractivity contribution in [2.24, 2.45) is 5.92 Å². The minimum atomic E-state index is -0.705. The van der Waals surface area contributed by atoms with Crippen LogP contribution in [0.4, 0.5) is 8.78 Å². The molecular weight excluding hydrogens is 324 g/mol. The molecule has 1 heterocycles. The molecule has 0 N–H and O–H groups in total. The van der Waals surface area contributed by atoms with E-state index in [0.717, 1.165) is 32.1 Å². The summed E-state index contributed by atoms with van der Waals surface area (Å²) < 4.78 is 39.7. The van der Waals surface area contributed by atoms with Gasteiger partial charge in [0, 0.05) is 11.8 Å². The summed E-state index contributed by atoms with van der Waals surface area (Å²) in [5, 5.41) is 0. The standard InChI is InChI=1S/C20H23F2NO2/c1-2-3-4-10-24-19-17(21)11-15(12-18(19)22)16-6-5-9-23-20(16)25-13-14-7-8-14/h5-6,9,11-12,14H,2-4,7-8,10,13H2,1H3. The number of halogens is 2. The highest BCUT2D eigenvalue weighted by molar-refractivity contribution is 5.69. The predicted octanol–water partition coefficient (Wildman–Crippen LogP) is 5.38. The number of ether oxygens (including phenoxy) is 2. The van der Waals surface area contributed by atoms with Crippen LogP contribution in [0.25, 0.3) is 11.1 Å². The number of nitrogens with zero attached hydrogens (tertiary/aromatic N) is 1. The number of hydrogen-bond donors (Lipinski definition) is 0. The van der Waals surface area contributed by atoms with Crippen molar-refractivity contribution < 1.29 is 18.3 Å². The molecule has 0 aliphatic heterocycles. The van der Waals surface area contributed by atoms with E-state index < -0.39 is 11.6 Å². The van der Waals surface area contributed by atoms with Crippen LogP contribution in [0, 0.1) is 17.6 Å². The third kappa shape index (κ3) is 4.68. The van der Waals surface area contributed by atoms with E-state index in [1.807, 2.05) is 0 Å². The molecule has 0 unspecified atom stereocenters. The lowest BCUT2D eigenvalue weighted by Gasteiger charge is -2.13. The summed E-state index contributed by atoms with van der Waals surface area (Å²) in [7, 11) is 0. The molecule has 1 aliphatic carbocycles. The van der Waals surface area contributed by atoms with Gasteiger partial charge in [-0.3, -0.25) is 0 Å². The van der Waals surface area contributed by atoms with Crippen molar-refractivity contribution in [3.63, 3.8) is 0 Å². The lowest BCUT2D eigenvalue weighted by molar-refractivity contribution is 0.276. The third-order valence-corrected chi connectivity index (χ3v) is 4.23. The van der Waals surface area contributed by atoms with Crippen molar-refractivity contribution in [2.45, 2.75) is 39.0 Å². The molecule has 0 amide bonds. The Hall–Kier alpha value is -2.17. The van der Waals surface area contributed by atoms with Crippen molar-refractivity contribution in [3.05, 3.63) is 42.1 Å². The van der Waals surface area contributed by atoms with Crippen LogP contribution in [0.15, 0.2) is 30.5 Å². The van der Waals surface area contributed by atoms with Crippen molar-refractivity contribution in [3.8, 4) is 22.8 Å². The van der Waals surface area contributed by atoms with E-state index in [-0.39, 0.29) is 5.75 Å². The second-order valence-corrected chi connectivity index (χ2v) is 6.44. The zero-order valence-corrected chi connectivity index (χ0v) is 14.4. The van der Waals surface area contributed by atoms with Crippen LogP contribution in [0.3, 0.4) is 0 Å². The van der Waals surface area contributed by atoms with Crippen molar-refractivity contribution in [1.82, 2.24) is 4.98 Å². The smallest absolute Gasteiger partial charge is 0.221 e. The number of hydrogen-bond acceptors (Lipinski definition) is 3. The second-order valence-electron chi connectivity index (χ2n) is 6.44. The van der Waals surface area contributed by atoms with Crippen LogP contribution < -0.4 is 9.47 Å². The lowest BCUT2D eigenvalue weighted by Crippen LogP contribution is -2.04. The summed E-state index contributed by atoms with van der Waals surface area (Å²) in [6, 6.07) is 6.04. The van der Waals surface area contributed by atoms with E-state index in [0.29, 0.717) is 36.1 Å². The first-order chi connectivity index (χ1) is 12.2. The molecule has 134 valence electrons. The fraction of sp³-hybridized carbons (Fsp3) is 0.450. The van der Waals surface area contributed by atoms with Gasteiger partial charge in [-0.2, -0.15) is 0 Å². The van der Waals surface area contributed by atoms with Gasteiger partial charge in [-0.1, -0.05) is 19.8 Å². The molecule has 2 aromatic rings. The topological polar surface area (TPSA) is 31.4 Å². The number of pyridine rings is 1. The Bertz CT molecular complexity index is 694. The summed E-state index contributed by atoms with van der Waals surface area (Å²) in [5.41, 5.74) is 0.980. The number of rotatable bonds is 9. The molecule has 1 fully saturated rings. The highest BCUT2D eigenvalue weighted by atomic mass is 19.1. The Morgan fingerprint density at radius 3 is 2.56 bits per heavy atom. The minimum absolute atomic E-state index is 0.309. The monoisotopic (exact) mass is 347 g/mol. The summed E-state index contributed by atoms with van der Waals surface area (Å²) >= 11 is 0. The number of unbranched alkanes of at least 4 members (excludes halogenated alkanes) is 2. The van der Waals surface area contributed by atoms with Crippen LogP contribution in [0.5, 0.6) is 11.6 Å². The van der Waals surface area contributed by atoms with Crippen LogP contribution in [-0.4, -0.2) is 18.2 Å². The van der Waals surface area contributed by atoms with Crippen LogP contribution in [-0.2, 0) is 0 Å². The van der Waals surface area contributed by atoms with Gasteiger partial charge in [-0.25, -0.2) is 13.8 Å². The van der Waals surface area contributed by atoms with Crippen LogP contribution in [0.1, 0.15) is 39.0 Å². The Kier molecular flexibility index (Phi) is 5.84. The molecule has 0 atom stereocenters. The van der Waals surface area contributed by atoms with Crippen molar-refractivity contribution in [1.29, 1.82) is 0 Å². The van der Waals surface area contributed by atoms with Gasteiger partial charge in [0.2, 0.25) is 5.88 Å². The Labute approximate surface area is 147 Å². The Morgan fingerprint density at radius 2 is 1.88 bits per heavy atom. The van der Waals surface area contributed by atoms with Crippen LogP contribution in [0.2, 0.25) is 0 Å². The largest absolute Gasteiger partial charge is 0.488 e.